The largest absolute Gasteiger partial charge is 0.484 e. The van der Waals surface area contributed by atoms with E-state index >= 15 is 0 Å². The van der Waals surface area contributed by atoms with Crippen molar-refractivity contribution < 1.29 is 14.4 Å². The molecular formula is C14H22N2O4. The van der Waals surface area contributed by atoms with E-state index in [1.165, 1.54) is 0 Å². The van der Waals surface area contributed by atoms with Gasteiger partial charge in [0.05, 0.1) is 11.5 Å². The van der Waals surface area contributed by atoms with E-state index in [4.69, 9.17) is 9.47 Å². The van der Waals surface area contributed by atoms with Gasteiger partial charge in [-0.3, -0.25) is 10.1 Å². The van der Waals surface area contributed by atoms with Crippen LogP contribution >= 0.6 is 0 Å². The SMILES string of the molecule is CCCNc1cccc(OCCOCCC)c1[N+](=O)[O-]. The summed E-state index contributed by atoms with van der Waals surface area (Å²) in [5.74, 6) is 0.274. The molecule has 0 atom stereocenters. The van der Waals surface area contributed by atoms with E-state index in [1.807, 2.05) is 13.8 Å². The molecular weight excluding hydrogens is 260 g/mol. The summed E-state index contributed by atoms with van der Waals surface area (Å²) in [6.45, 7) is 6.11. The monoisotopic (exact) mass is 282 g/mol. The molecule has 0 aliphatic carbocycles. The fourth-order valence-corrected chi connectivity index (χ4v) is 1.69. The number of rotatable bonds is 10. The third-order valence-corrected chi connectivity index (χ3v) is 2.58. The summed E-state index contributed by atoms with van der Waals surface area (Å²) in [6, 6.07) is 5.04. The number of nitro benzene ring substituents is 1. The molecule has 0 aromatic heterocycles. The van der Waals surface area contributed by atoms with Crippen molar-refractivity contribution in [2.24, 2.45) is 0 Å². The van der Waals surface area contributed by atoms with Gasteiger partial charge in [0.25, 0.3) is 0 Å². The average Bonchev–Trinajstić information content (AvgIpc) is 2.44. The number of hydrogen-bond donors (Lipinski definition) is 1. The van der Waals surface area contributed by atoms with Crippen LogP contribution in [-0.2, 0) is 4.74 Å². The predicted octanol–water partition coefficient (Wildman–Crippen LogP) is 3.22. The van der Waals surface area contributed by atoms with Gasteiger partial charge in [0.15, 0.2) is 5.75 Å². The zero-order valence-electron chi connectivity index (χ0n) is 12.1. The maximum absolute atomic E-state index is 11.2. The fourth-order valence-electron chi connectivity index (χ4n) is 1.69. The van der Waals surface area contributed by atoms with E-state index in [-0.39, 0.29) is 11.4 Å². The first kappa shape index (κ1) is 16.2. The van der Waals surface area contributed by atoms with E-state index in [9.17, 15) is 10.1 Å². The third-order valence-electron chi connectivity index (χ3n) is 2.58. The molecule has 0 amide bonds. The van der Waals surface area contributed by atoms with Crippen LogP contribution in [0.4, 0.5) is 11.4 Å². The first-order valence-corrected chi connectivity index (χ1v) is 6.92. The topological polar surface area (TPSA) is 73.6 Å². The highest BCUT2D eigenvalue weighted by atomic mass is 16.6. The smallest absolute Gasteiger partial charge is 0.333 e. The summed E-state index contributed by atoms with van der Waals surface area (Å²) in [5, 5.41) is 14.2. The molecule has 20 heavy (non-hydrogen) atoms. The van der Waals surface area contributed by atoms with E-state index in [0.29, 0.717) is 32.1 Å². The Labute approximate surface area is 119 Å². The number of anilines is 1. The number of benzene rings is 1. The van der Waals surface area contributed by atoms with Gasteiger partial charge in [-0.15, -0.1) is 0 Å². The van der Waals surface area contributed by atoms with Crippen molar-refractivity contribution in [3.63, 3.8) is 0 Å². The molecule has 6 nitrogen and oxygen atoms in total. The molecule has 0 radical (unpaired) electrons. The fraction of sp³-hybridized carbons (Fsp3) is 0.571. The molecule has 0 unspecified atom stereocenters. The lowest BCUT2D eigenvalue weighted by molar-refractivity contribution is -0.385. The van der Waals surface area contributed by atoms with E-state index in [0.717, 1.165) is 12.8 Å². The van der Waals surface area contributed by atoms with Gasteiger partial charge in [-0.05, 0) is 25.0 Å². The van der Waals surface area contributed by atoms with Gasteiger partial charge in [-0.1, -0.05) is 19.9 Å². The highest BCUT2D eigenvalue weighted by Crippen LogP contribution is 2.34. The van der Waals surface area contributed by atoms with Crippen LogP contribution < -0.4 is 10.1 Å². The van der Waals surface area contributed by atoms with Gasteiger partial charge in [0.2, 0.25) is 0 Å². The summed E-state index contributed by atoms with van der Waals surface area (Å²) in [4.78, 5) is 10.8. The molecule has 6 heteroatoms. The van der Waals surface area contributed by atoms with E-state index in [1.54, 1.807) is 18.2 Å². The Morgan fingerprint density at radius 3 is 2.65 bits per heavy atom. The van der Waals surface area contributed by atoms with E-state index in [2.05, 4.69) is 5.32 Å². The summed E-state index contributed by atoms with van der Waals surface area (Å²) >= 11 is 0. The molecule has 1 aromatic rings. The van der Waals surface area contributed by atoms with Gasteiger partial charge in [-0.25, -0.2) is 0 Å². The molecule has 0 spiro atoms. The Hall–Kier alpha value is -1.82. The van der Waals surface area contributed by atoms with Gasteiger partial charge >= 0.3 is 5.69 Å². The Balaban J connectivity index is 2.71. The zero-order valence-corrected chi connectivity index (χ0v) is 12.1. The predicted molar refractivity (Wildman–Crippen MR) is 78.5 cm³/mol. The molecule has 0 saturated carbocycles. The van der Waals surface area contributed by atoms with Crippen LogP contribution in [0.25, 0.3) is 0 Å². The molecule has 1 aromatic carbocycles. The van der Waals surface area contributed by atoms with Crippen LogP contribution in [0.15, 0.2) is 18.2 Å². The number of nitrogens with one attached hydrogen (secondary N) is 1. The first-order chi connectivity index (χ1) is 9.70. The van der Waals surface area contributed by atoms with Crippen LogP contribution in [-0.4, -0.2) is 31.3 Å². The Morgan fingerprint density at radius 2 is 2.00 bits per heavy atom. The second-order valence-electron chi connectivity index (χ2n) is 4.30. The summed E-state index contributed by atoms with van der Waals surface area (Å²) in [7, 11) is 0. The number of nitro groups is 1. The van der Waals surface area contributed by atoms with Crippen LogP contribution in [0.3, 0.4) is 0 Å². The number of hydrogen-bond acceptors (Lipinski definition) is 5. The lowest BCUT2D eigenvalue weighted by Crippen LogP contribution is -2.09. The highest BCUT2D eigenvalue weighted by Gasteiger charge is 2.20. The molecule has 0 bridgehead atoms. The lowest BCUT2D eigenvalue weighted by Gasteiger charge is -2.11. The number of nitrogens with zero attached hydrogens (tertiary/aromatic N) is 1. The van der Waals surface area contributed by atoms with Gasteiger partial charge < -0.3 is 14.8 Å². The summed E-state index contributed by atoms with van der Waals surface area (Å²) in [5.41, 5.74) is 0.472. The van der Waals surface area contributed by atoms with Crippen molar-refractivity contribution in [2.45, 2.75) is 26.7 Å². The maximum Gasteiger partial charge on any atom is 0.333 e. The van der Waals surface area contributed by atoms with Gasteiger partial charge in [-0.2, -0.15) is 0 Å². The van der Waals surface area contributed by atoms with Crippen molar-refractivity contribution in [3.8, 4) is 5.75 Å². The van der Waals surface area contributed by atoms with Crippen LogP contribution in [0.2, 0.25) is 0 Å². The van der Waals surface area contributed by atoms with Crippen LogP contribution in [0, 0.1) is 10.1 Å². The minimum Gasteiger partial charge on any atom is -0.484 e. The zero-order chi connectivity index (χ0) is 14.8. The summed E-state index contributed by atoms with van der Waals surface area (Å²) < 4.78 is 10.7. The second-order valence-corrected chi connectivity index (χ2v) is 4.30. The molecule has 112 valence electrons. The van der Waals surface area contributed by atoms with Crippen molar-refractivity contribution in [1.82, 2.24) is 0 Å². The van der Waals surface area contributed by atoms with Crippen LogP contribution in [0.5, 0.6) is 5.75 Å². The normalized spacial score (nSPS) is 10.3. The molecule has 0 saturated heterocycles. The Bertz CT molecular complexity index is 424. The van der Waals surface area contributed by atoms with Crippen molar-refractivity contribution in [2.75, 3.05) is 31.7 Å². The minimum absolute atomic E-state index is 0.0172. The first-order valence-electron chi connectivity index (χ1n) is 6.92. The standard InChI is InChI=1S/C14H22N2O4/c1-3-8-15-12-6-5-7-13(14(12)16(17)18)20-11-10-19-9-4-2/h5-7,15H,3-4,8-11H2,1-2H3. The van der Waals surface area contributed by atoms with E-state index < -0.39 is 4.92 Å². The average molecular weight is 282 g/mol. The van der Waals surface area contributed by atoms with Crippen LogP contribution in [0.1, 0.15) is 26.7 Å². The molecule has 0 aliphatic heterocycles. The molecule has 0 aliphatic rings. The quantitative estimate of drug-likeness (QED) is 0.405. The third kappa shape index (κ3) is 5.05. The number of para-hydroxylation sites is 1. The molecule has 0 heterocycles. The van der Waals surface area contributed by atoms with Crippen molar-refractivity contribution >= 4 is 11.4 Å². The van der Waals surface area contributed by atoms with Gasteiger partial charge in [0, 0.05) is 13.2 Å². The molecule has 1 N–H and O–H groups in total. The molecule has 1 rings (SSSR count). The highest BCUT2D eigenvalue weighted by molar-refractivity contribution is 5.68. The number of ether oxygens (including phenoxy) is 2. The van der Waals surface area contributed by atoms with Gasteiger partial charge in [0.1, 0.15) is 12.3 Å². The Kier molecular flexibility index (Phi) is 7.42. The van der Waals surface area contributed by atoms with Crippen molar-refractivity contribution in [1.29, 1.82) is 0 Å². The molecule has 0 fully saturated rings. The maximum atomic E-state index is 11.2. The Morgan fingerprint density at radius 1 is 1.20 bits per heavy atom. The lowest BCUT2D eigenvalue weighted by atomic mass is 10.2. The second kappa shape index (κ2) is 9.14. The minimum atomic E-state index is -0.416. The summed E-state index contributed by atoms with van der Waals surface area (Å²) in [6.07, 6.45) is 1.84. The van der Waals surface area contributed by atoms with Crippen molar-refractivity contribution in [3.05, 3.63) is 28.3 Å².